The van der Waals surface area contributed by atoms with Crippen molar-refractivity contribution in [3.8, 4) is 0 Å². The predicted octanol–water partition coefficient (Wildman–Crippen LogP) is 3.14. The molecule has 0 saturated heterocycles. The van der Waals surface area contributed by atoms with E-state index >= 15 is 0 Å². The number of hydrogen-bond donors (Lipinski definition) is 1. The second kappa shape index (κ2) is 6.71. The number of aliphatic carboxylic acids is 1. The van der Waals surface area contributed by atoms with Crippen LogP contribution in [0.15, 0.2) is 16.6 Å². The fourth-order valence-corrected chi connectivity index (χ4v) is 2.12. The molecule has 94 valence electrons. The molecule has 0 heterocycles. The van der Waals surface area contributed by atoms with Crippen LogP contribution in [-0.4, -0.2) is 18.2 Å². The zero-order chi connectivity index (χ0) is 12.8. The first kappa shape index (κ1) is 14.1. The standard InChI is InChI=1S/C12H14BrFO3/c1-17-7-9-10(13)5-8(6-11(9)14)3-2-4-12(15)16/h5-6H,2-4,7H2,1H3,(H,15,16). The fraction of sp³-hybridized carbons (Fsp3) is 0.417. The molecule has 1 rings (SSSR count). The number of ether oxygens (including phenoxy) is 1. The quantitative estimate of drug-likeness (QED) is 0.878. The largest absolute Gasteiger partial charge is 0.481 e. The normalized spacial score (nSPS) is 10.5. The van der Waals surface area contributed by atoms with Crippen molar-refractivity contribution >= 4 is 21.9 Å². The molecule has 0 saturated carbocycles. The maximum absolute atomic E-state index is 13.7. The Bertz CT molecular complexity index is 384. The van der Waals surface area contributed by atoms with Crippen LogP contribution in [0, 0.1) is 5.82 Å². The number of carboxylic acid groups (broad SMARTS) is 1. The maximum atomic E-state index is 13.7. The van der Waals surface area contributed by atoms with Gasteiger partial charge in [-0.15, -0.1) is 0 Å². The van der Waals surface area contributed by atoms with Crippen LogP contribution < -0.4 is 0 Å². The number of aryl methyl sites for hydroxylation is 1. The zero-order valence-electron chi connectivity index (χ0n) is 9.50. The van der Waals surface area contributed by atoms with E-state index in [9.17, 15) is 9.18 Å². The van der Waals surface area contributed by atoms with Crippen molar-refractivity contribution in [3.05, 3.63) is 33.5 Å². The Morgan fingerprint density at radius 1 is 1.53 bits per heavy atom. The first-order chi connectivity index (χ1) is 8.04. The van der Waals surface area contributed by atoms with Gasteiger partial charge in [0.2, 0.25) is 0 Å². The molecule has 17 heavy (non-hydrogen) atoms. The highest BCUT2D eigenvalue weighted by atomic mass is 79.9. The SMILES string of the molecule is COCc1c(F)cc(CCCC(=O)O)cc1Br. The smallest absolute Gasteiger partial charge is 0.303 e. The van der Waals surface area contributed by atoms with E-state index < -0.39 is 5.97 Å². The molecule has 0 unspecified atom stereocenters. The van der Waals surface area contributed by atoms with Gasteiger partial charge in [0.05, 0.1) is 6.61 Å². The van der Waals surface area contributed by atoms with E-state index in [0.29, 0.717) is 22.9 Å². The summed E-state index contributed by atoms with van der Waals surface area (Å²) in [4.78, 5) is 10.4. The number of methoxy groups -OCH3 is 1. The van der Waals surface area contributed by atoms with Crippen molar-refractivity contribution in [2.45, 2.75) is 25.9 Å². The lowest BCUT2D eigenvalue weighted by Gasteiger charge is -2.08. The predicted molar refractivity (Wildman–Crippen MR) is 65.4 cm³/mol. The van der Waals surface area contributed by atoms with Gasteiger partial charge in [-0.3, -0.25) is 4.79 Å². The van der Waals surface area contributed by atoms with Crippen molar-refractivity contribution in [1.29, 1.82) is 0 Å². The fourth-order valence-electron chi connectivity index (χ4n) is 1.53. The summed E-state index contributed by atoms with van der Waals surface area (Å²) in [7, 11) is 1.51. The highest BCUT2D eigenvalue weighted by Gasteiger charge is 2.09. The average Bonchev–Trinajstić information content (AvgIpc) is 2.23. The highest BCUT2D eigenvalue weighted by Crippen LogP contribution is 2.23. The van der Waals surface area contributed by atoms with Gasteiger partial charge in [-0.1, -0.05) is 15.9 Å². The number of halogens is 2. The van der Waals surface area contributed by atoms with Gasteiger partial charge in [0.1, 0.15) is 5.82 Å². The van der Waals surface area contributed by atoms with Crippen molar-refractivity contribution in [2.24, 2.45) is 0 Å². The molecule has 0 radical (unpaired) electrons. The van der Waals surface area contributed by atoms with Gasteiger partial charge in [0, 0.05) is 23.6 Å². The third-order valence-corrected chi connectivity index (χ3v) is 3.05. The topological polar surface area (TPSA) is 46.5 Å². The Balaban J connectivity index is 2.72. The number of rotatable bonds is 6. The molecule has 0 bridgehead atoms. The summed E-state index contributed by atoms with van der Waals surface area (Å²) >= 11 is 3.28. The summed E-state index contributed by atoms with van der Waals surface area (Å²) in [6, 6.07) is 3.24. The van der Waals surface area contributed by atoms with Crippen LogP contribution in [0.3, 0.4) is 0 Å². The minimum atomic E-state index is -0.833. The monoisotopic (exact) mass is 304 g/mol. The molecule has 0 amide bonds. The number of benzene rings is 1. The molecular formula is C12H14BrFO3. The van der Waals surface area contributed by atoms with Crippen LogP contribution in [0.25, 0.3) is 0 Å². The molecule has 0 spiro atoms. The molecule has 1 aromatic carbocycles. The number of hydrogen-bond acceptors (Lipinski definition) is 2. The Labute approximate surface area is 108 Å². The van der Waals surface area contributed by atoms with Crippen LogP contribution in [0.4, 0.5) is 4.39 Å². The third-order valence-electron chi connectivity index (χ3n) is 2.35. The Morgan fingerprint density at radius 3 is 2.76 bits per heavy atom. The first-order valence-corrected chi connectivity index (χ1v) is 6.01. The lowest BCUT2D eigenvalue weighted by atomic mass is 10.1. The molecule has 1 aromatic rings. The van der Waals surface area contributed by atoms with Gasteiger partial charge >= 0.3 is 5.97 Å². The summed E-state index contributed by atoms with van der Waals surface area (Å²) in [5.74, 6) is -1.16. The van der Waals surface area contributed by atoms with E-state index in [1.807, 2.05) is 0 Å². The molecule has 3 nitrogen and oxygen atoms in total. The third kappa shape index (κ3) is 4.44. The van der Waals surface area contributed by atoms with E-state index in [2.05, 4.69) is 15.9 Å². The minimum Gasteiger partial charge on any atom is -0.481 e. The van der Waals surface area contributed by atoms with Crippen molar-refractivity contribution < 1.29 is 19.0 Å². The van der Waals surface area contributed by atoms with Gasteiger partial charge in [-0.05, 0) is 30.5 Å². The van der Waals surface area contributed by atoms with Crippen LogP contribution in [0.5, 0.6) is 0 Å². The Kier molecular flexibility index (Phi) is 5.58. The maximum Gasteiger partial charge on any atom is 0.303 e. The summed E-state index contributed by atoms with van der Waals surface area (Å²) in [5, 5.41) is 8.51. The minimum absolute atomic E-state index is 0.0963. The lowest BCUT2D eigenvalue weighted by molar-refractivity contribution is -0.137. The summed E-state index contributed by atoms with van der Waals surface area (Å²) < 4.78 is 19.2. The Hall–Kier alpha value is -0.940. The summed E-state index contributed by atoms with van der Waals surface area (Å²) in [6.45, 7) is 0.210. The van der Waals surface area contributed by atoms with E-state index in [1.54, 1.807) is 6.07 Å². The molecule has 0 aliphatic rings. The van der Waals surface area contributed by atoms with E-state index in [0.717, 1.165) is 5.56 Å². The van der Waals surface area contributed by atoms with E-state index in [-0.39, 0.29) is 18.8 Å². The number of carbonyl (C=O) groups is 1. The van der Waals surface area contributed by atoms with Crippen LogP contribution >= 0.6 is 15.9 Å². The molecule has 1 N–H and O–H groups in total. The van der Waals surface area contributed by atoms with Crippen molar-refractivity contribution in [2.75, 3.05) is 7.11 Å². The van der Waals surface area contributed by atoms with Gasteiger partial charge in [-0.2, -0.15) is 0 Å². The van der Waals surface area contributed by atoms with Crippen molar-refractivity contribution in [1.82, 2.24) is 0 Å². The second-order valence-electron chi connectivity index (χ2n) is 3.72. The van der Waals surface area contributed by atoms with Gasteiger partial charge in [0.15, 0.2) is 0 Å². The van der Waals surface area contributed by atoms with Gasteiger partial charge < -0.3 is 9.84 Å². The summed E-state index contributed by atoms with van der Waals surface area (Å²) in [5.41, 5.74) is 1.27. The van der Waals surface area contributed by atoms with Crippen LogP contribution in [0.2, 0.25) is 0 Å². The first-order valence-electron chi connectivity index (χ1n) is 5.22. The number of carboxylic acids is 1. The average molecular weight is 305 g/mol. The summed E-state index contributed by atoms with van der Waals surface area (Å²) in [6.07, 6.45) is 1.15. The molecule has 0 aliphatic heterocycles. The Morgan fingerprint density at radius 2 is 2.24 bits per heavy atom. The molecule has 0 fully saturated rings. The van der Waals surface area contributed by atoms with Crippen LogP contribution in [0.1, 0.15) is 24.0 Å². The van der Waals surface area contributed by atoms with Crippen LogP contribution in [-0.2, 0) is 22.6 Å². The van der Waals surface area contributed by atoms with Crippen molar-refractivity contribution in [3.63, 3.8) is 0 Å². The molecule has 5 heteroatoms. The van der Waals surface area contributed by atoms with Gasteiger partial charge in [0.25, 0.3) is 0 Å². The molecule has 0 aliphatic carbocycles. The second-order valence-corrected chi connectivity index (χ2v) is 4.57. The van der Waals surface area contributed by atoms with E-state index in [4.69, 9.17) is 9.84 Å². The highest BCUT2D eigenvalue weighted by molar-refractivity contribution is 9.10. The molecule has 0 aromatic heterocycles. The van der Waals surface area contributed by atoms with E-state index in [1.165, 1.54) is 13.2 Å². The lowest BCUT2D eigenvalue weighted by Crippen LogP contribution is -1.99. The molecular weight excluding hydrogens is 291 g/mol. The molecule has 0 atom stereocenters. The van der Waals surface area contributed by atoms with Gasteiger partial charge in [-0.25, -0.2) is 4.39 Å². The zero-order valence-corrected chi connectivity index (χ0v) is 11.1.